The first-order valence-corrected chi connectivity index (χ1v) is 7.31. The molecular weight excluding hydrogens is 300 g/mol. The van der Waals surface area contributed by atoms with Gasteiger partial charge in [-0.25, -0.2) is 0 Å². The van der Waals surface area contributed by atoms with Gasteiger partial charge in [0.25, 0.3) is 5.91 Å². The maximum atomic E-state index is 12.5. The van der Waals surface area contributed by atoms with E-state index in [1.165, 1.54) is 6.07 Å². The molecule has 122 valence electrons. The first-order valence-electron chi connectivity index (χ1n) is 7.31. The lowest BCUT2D eigenvalue weighted by atomic mass is 10.0. The minimum Gasteiger partial charge on any atom is -0.490 e. The highest BCUT2D eigenvalue weighted by Gasteiger charge is 2.29. The molecule has 0 radical (unpaired) electrons. The summed E-state index contributed by atoms with van der Waals surface area (Å²) in [6.07, 6.45) is 0.757. The number of aldehydes is 1. The maximum Gasteiger partial charge on any atom is 0.256 e. The minimum atomic E-state index is -0.813. The summed E-state index contributed by atoms with van der Waals surface area (Å²) in [4.78, 5) is 46.6. The van der Waals surface area contributed by atoms with Crippen molar-refractivity contribution in [3.05, 3.63) is 29.3 Å². The molecule has 1 heterocycles. The molecule has 1 unspecified atom stereocenters. The summed E-state index contributed by atoms with van der Waals surface area (Å²) >= 11 is 0. The second kappa shape index (κ2) is 7.04. The van der Waals surface area contributed by atoms with Crippen LogP contribution < -0.4 is 15.4 Å². The third-order valence-electron chi connectivity index (χ3n) is 3.32. The van der Waals surface area contributed by atoms with Gasteiger partial charge in [0.05, 0.1) is 11.7 Å². The Morgan fingerprint density at radius 1 is 1.39 bits per heavy atom. The Kier molecular flexibility index (Phi) is 5.10. The molecule has 1 aliphatic heterocycles. The summed E-state index contributed by atoms with van der Waals surface area (Å²) in [5.74, 6) is -1.23. The van der Waals surface area contributed by atoms with Crippen LogP contribution >= 0.6 is 0 Å². The predicted octanol–water partition coefficient (Wildman–Crippen LogP) is 0.821. The molecule has 7 heteroatoms. The first kappa shape index (κ1) is 16.7. The Morgan fingerprint density at radius 3 is 2.74 bits per heavy atom. The van der Waals surface area contributed by atoms with Gasteiger partial charge in [-0.1, -0.05) is 12.1 Å². The second-order valence-electron chi connectivity index (χ2n) is 5.48. The molecule has 1 aromatic carbocycles. The summed E-state index contributed by atoms with van der Waals surface area (Å²) in [6, 6.07) is 3.89. The zero-order chi connectivity index (χ0) is 17.0. The van der Waals surface area contributed by atoms with Gasteiger partial charge in [0.2, 0.25) is 11.8 Å². The molecule has 0 bridgehead atoms. The molecule has 2 rings (SSSR count). The third-order valence-corrected chi connectivity index (χ3v) is 3.32. The van der Waals surface area contributed by atoms with Crippen molar-refractivity contribution in [3.8, 4) is 5.75 Å². The van der Waals surface area contributed by atoms with Crippen LogP contribution in [0.3, 0.4) is 0 Å². The van der Waals surface area contributed by atoms with Crippen LogP contribution in [0.5, 0.6) is 5.75 Å². The van der Waals surface area contributed by atoms with Crippen LogP contribution in [0, 0.1) is 0 Å². The fourth-order valence-corrected chi connectivity index (χ4v) is 2.30. The van der Waals surface area contributed by atoms with Crippen LogP contribution in [0.1, 0.15) is 47.4 Å². The van der Waals surface area contributed by atoms with Crippen LogP contribution in [0.25, 0.3) is 0 Å². The van der Waals surface area contributed by atoms with Crippen molar-refractivity contribution in [1.82, 2.24) is 10.6 Å². The Hall–Kier alpha value is -2.70. The van der Waals surface area contributed by atoms with Gasteiger partial charge in [0, 0.05) is 12.0 Å². The number of imide groups is 1. The molecule has 1 atom stereocenters. The number of hydrogen-bond acceptors (Lipinski definition) is 5. The molecule has 1 fully saturated rings. The van der Waals surface area contributed by atoms with Crippen molar-refractivity contribution < 1.29 is 23.9 Å². The predicted molar refractivity (Wildman–Crippen MR) is 81.2 cm³/mol. The van der Waals surface area contributed by atoms with E-state index in [0.29, 0.717) is 6.29 Å². The number of benzene rings is 1. The van der Waals surface area contributed by atoms with Gasteiger partial charge < -0.3 is 10.1 Å². The number of hydrogen-bond donors (Lipinski definition) is 2. The van der Waals surface area contributed by atoms with Gasteiger partial charge in [0.15, 0.2) is 6.29 Å². The van der Waals surface area contributed by atoms with Crippen LogP contribution in [0.15, 0.2) is 18.2 Å². The lowest BCUT2D eigenvalue weighted by Crippen LogP contribution is -2.52. The monoisotopic (exact) mass is 318 g/mol. The largest absolute Gasteiger partial charge is 0.490 e. The van der Waals surface area contributed by atoms with Gasteiger partial charge in [-0.15, -0.1) is 0 Å². The number of nitrogens with one attached hydrogen (secondary N) is 2. The second-order valence-corrected chi connectivity index (χ2v) is 5.48. The van der Waals surface area contributed by atoms with Crippen molar-refractivity contribution in [2.24, 2.45) is 0 Å². The zero-order valence-electron chi connectivity index (χ0n) is 12.9. The van der Waals surface area contributed by atoms with E-state index in [-0.39, 0.29) is 41.7 Å². The lowest BCUT2D eigenvalue weighted by molar-refractivity contribution is -0.134. The number of piperidine rings is 1. The Labute approximate surface area is 133 Å². The molecule has 0 saturated carbocycles. The van der Waals surface area contributed by atoms with E-state index in [2.05, 4.69) is 10.6 Å². The molecule has 1 aliphatic rings. The molecule has 0 aromatic heterocycles. The number of amides is 3. The van der Waals surface area contributed by atoms with Gasteiger partial charge in [-0.05, 0) is 26.3 Å². The van der Waals surface area contributed by atoms with Gasteiger partial charge in [-0.2, -0.15) is 0 Å². The van der Waals surface area contributed by atoms with Crippen LogP contribution in [-0.2, 0) is 9.59 Å². The van der Waals surface area contributed by atoms with Crippen molar-refractivity contribution in [2.75, 3.05) is 0 Å². The number of ether oxygens (including phenoxy) is 1. The Morgan fingerprint density at radius 2 is 2.13 bits per heavy atom. The molecule has 0 aliphatic carbocycles. The van der Waals surface area contributed by atoms with Gasteiger partial charge >= 0.3 is 0 Å². The number of carbonyl (C=O) groups is 4. The van der Waals surface area contributed by atoms with Crippen molar-refractivity contribution in [3.63, 3.8) is 0 Å². The normalized spacial score (nSPS) is 17.6. The molecule has 2 N–H and O–H groups in total. The van der Waals surface area contributed by atoms with Crippen molar-refractivity contribution in [1.29, 1.82) is 0 Å². The summed E-state index contributed by atoms with van der Waals surface area (Å²) < 4.78 is 5.57. The molecule has 0 spiro atoms. The zero-order valence-corrected chi connectivity index (χ0v) is 12.9. The van der Waals surface area contributed by atoms with Crippen molar-refractivity contribution >= 4 is 24.0 Å². The molecule has 1 aromatic rings. The van der Waals surface area contributed by atoms with E-state index in [0.717, 1.165) is 0 Å². The highest BCUT2D eigenvalue weighted by molar-refractivity contribution is 6.07. The molecule has 23 heavy (non-hydrogen) atoms. The summed E-state index contributed by atoms with van der Waals surface area (Å²) in [5.41, 5.74) is 0.258. The number of rotatable bonds is 5. The average Bonchev–Trinajstić information content (AvgIpc) is 2.49. The third kappa shape index (κ3) is 3.94. The van der Waals surface area contributed by atoms with E-state index in [1.807, 2.05) is 0 Å². The highest BCUT2D eigenvalue weighted by Crippen LogP contribution is 2.23. The summed E-state index contributed by atoms with van der Waals surface area (Å²) in [5, 5.41) is 4.72. The average molecular weight is 318 g/mol. The highest BCUT2D eigenvalue weighted by atomic mass is 16.5. The fraction of sp³-hybridized carbons (Fsp3) is 0.375. The lowest BCUT2D eigenvalue weighted by Gasteiger charge is -2.23. The van der Waals surface area contributed by atoms with E-state index < -0.39 is 17.9 Å². The smallest absolute Gasteiger partial charge is 0.256 e. The molecule has 3 amide bonds. The van der Waals surface area contributed by atoms with Crippen LogP contribution in [0.4, 0.5) is 0 Å². The standard InChI is InChI=1S/C16H18N2O5/c1-9(2)23-12-5-3-4-10(8-19)14(12)16(22)17-11-6-7-13(20)18-15(11)21/h3-5,8-9,11H,6-7H2,1-2H3,(H,17,22)(H,18,20,21). The van der Waals surface area contributed by atoms with E-state index in [1.54, 1.807) is 26.0 Å². The van der Waals surface area contributed by atoms with Crippen LogP contribution in [-0.4, -0.2) is 36.2 Å². The fourth-order valence-electron chi connectivity index (χ4n) is 2.30. The Balaban J connectivity index is 2.25. The minimum absolute atomic E-state index is 0.0842. The Bertz CT molecular complexity index is 654. The van der Waals surface area contributed by atoms with Crippen LogP contribution in [0.2, 0.25) is 0 Å². The molecule has 7 nitrogen and oxygen atoms in total. The van der Waals surface area contributed by atoms with Gasteiger partial charge in [-0.3, -0.25) is 24.5 Å². The quantitative estimate of drug-likeness (QED) is 0.618. The van der Waals surface area contributed by atoms with Crippen molar-refractivity contribution in [2.45, 2.75) is 38.8 Å². The summed E-state index contributed by atoms with van der Waals surface area (Å²) in [6.45, 7) is 3.60. The number of carbonyl (C=O) groups excluding carboxylic acids is 4. The molecular formula is C16H18N2O5. The maximum absolute atomic E-state index is 12.5. The van der Waals surface area contributed by atoms with E-state index in [9.17, 15) is 19.2 Å². The summed E-state index contributed by atoms with van der Waals surface area (Å²) in [7, 11) is 0. The van der Waals surface area contributed by atoms with E-state index in [4.69, 9.17) is 4.74 Å². The first-order chi connectivity index (χ1) is 10.9. The molecule has 1 saturated heterocycles. The van der Waals surface area contributed by atoms with E-state index >= 15 is 0 Å². The topological polar surface area (TPSA) is 102 Å². The SMILES string of the molecule is CC(C)Oc1cccc(C=O)c1C(=O)NC1CCC(=O)NC1=O. The van der Waals surface area contributed by atoms with Gasteiger partial charge in [0.1, 0.15) is 11.8 Å².